The molecule has 2 rings (SSSR count). The van der Waals surface area contributed by atoms with Crippen LogP contribution in [-0.4, -0.2) is 10.9 Å². The largest absolute Gasteiger partial charge is 0.354 e. The van der Waals surface area contributed by atoms with Crippen LogP contribution in [0.5, 0.6) is 0 Å². The van der Waals surface area contributed by atoms with E-state index in [-0.39, 0.29) is 5.91 Å². The number of pyridine rings is 1. The van der Waals surface area contributed by atoms with Gasteiger partial charge >= 0.3 is 0 Å². The molecule has 0 fully saturated rings. The Hall–Kier alpha value is -1.88. The number of carbonyl (C=O) groups excluding carboxylic acids is 1. The number of carbonyl (C=O) groups is 1. The third kappa shape index (κ3) is 4.06. The number of anilines is 3. The summed E-state index contributed by atoms with van der Waals surface area (Å²) in [6.45, 7) is 1.80. The maximum atomic E-state index is 11.2. The van der Waals surface area contributed by atoms with Gasteiger partial charge in [0.05, 0.1) is 11.9 Å². The minimum Gasteiger partial charge on any atom is -0.354 e. The first kappa shape index (κ1) is 13.5. The highest BCUT2D eigenvalue weighted by molar-refractivity contribution is 9.10. The molecule has 0 aliphatic carbocycles. The number of hydrogen-bond acceptors (Lipinski definition) is 3. The summed E-state index contributed by atoms with van der Waals surface area (Å²) in [5.74, 6) is 0.520. The third-order valence-electron chi connectivity index (χ3n) is 2.47. The number of amides is 1. The Bertz CT molecular complexity index is 569. The first-order valence-corrected chi connectivity index (χ1v) is 6.75. The second-order valence-electron chi connectivity index (χ2n) is 3.97. The van der Waals surface area contributed by atoms with Crippen molar-refractivity contribution in [1.82, 2.24) is 4.98 Å². The van der Waals surface area contributed by atoms with E-state index in [1.54, 1.807) is 19.2 Å². The number of rotatable bonds is 4. The molecule has 1 aromatic heterocycles. The van der Waals surface area contributed by atoms with E-state index >= 15 is 0 Å². The zero-order valence-corrected chi connectivity index (χ0v) is 12.1. The van der Waals surface area contributed by atoms with Gasteiger partial charge in [-0.25, -0.2) is 4.98 Å². The molecule has 0 saturated carbocycles. The molecule has 0 aliphatic rings. The van der Waals surface area contributed by atoms with E-state index in [0.29, 0.717) is 12.2 Å². The molecule has 1 aromatic carbocycles. The Morgan fingerprint density at radius 1 is 1.26 bits per heavy atom. The van der Waals surface area contributed by atoms with Crippen molar-refractivity contribution in [2.75, 3.05) is 10.6 Å². The lowest BCUT2D eigenvalue weighted by Crippen LogP contribution is -2.10. The minimum atomic E-state index is -0.0415. The van der Waals surface area contributed by atoms with Gasteiger partial charge in [-0.05, 0) is 30.3 Å². The van der Waals surface area contributed by atoms with Crippen LogP contribution in [0.1, 0.15) is 13.3 Å². The van der Waals surface area contributed by atoms with Crippen LogP contribution in [0.4, 0.5) is 17.2 Å². The summed E-state index contributed by atoms with van der Waals surface area (Å²) in [5, 5.41) is 5.94. The minimum absolute atomic E-state index is 0.0415. The zero-order chi connectivity index (χ0) is 13.7. The summed E-state index contributed by atoms with van der Waals surface area (Å²) < 4.78 is 1.01. The van der Waals surface area contributed by atoms with Crippen LogP contribution in [0.25, 0.3) is 0 Å². The van der Waals surface area contributed by atoms with E-state index in [4.69, 9.17) is 0 Å². The van der Waals surface area contributed by atoms with Crippen molar-refractivity contribution in [2.24, 2.45) is 0 Å². The number of nitrogens with one attached hydrogen (secondary N) is 2. The maximum absolute atomic E-state index is 11.2. The SMILES string of the molecule is CCC(=O)Nc1ccc(Nc2cccc(Br)c2)cn1. The predicted molar refractivity (Wildman–Crippen MR) is 80.6 cm³/mol. The van der Waals surface area contributed by atoms with Crippen molar-refractivity contribution in [3.8, 4) is 0 Å². The Morgan fingerprint density at radius 3 is 2.74 bits per heavy atom. The molecule has 98 valence electrons. The summed E-state index contributed by atoms with van der Waals surface area (Å²) in [4.78, 5) is 15.4. The van der Waals surface area contributed by atoms with E-state index in [0.717, 1.165) is 15.8 Å². The zero-order valence-electron chi connectivity index (χ0n) is 10.5. The standard InChI is InChI=1S/C14H14BrN3O/c1-2-14(19)18-13-7-6-12(9-16-13)17-11-5-3-4-10(15)8-11/h3-9,17H,2H2,1H3,(H,16,18,19). The van der Waals surface area contributed by atoms with Crippen molar-refractivity contribution in [3.05, 3.63) is 47.1 Å². The highest BCUT2D eigenvalue weighted by atomic mass is 79.9. The lowest BCUT2D eigenvalue weighted by atomic mass is 10.3. The van der Waals surface area contributed by atoms with Gasteiger partial charge in [-0.3, -0.25) is 4.79 Å². The van der Waals surface area contributed by atoms with Crippen LogP contribution in [-0.2, 0) is 4.79 Å². The van der Waals surface area contributed by atoms with Gasteiger partial charge in [0.25, 0.3) is 0 Å². The molecule has 0 aliphatic heterocycles. The lowest BCUT2D eigenvalue weighted by Gasteiger charge is -2.07. The Kier molecular flexibility index (Phi) is 4.52. The van der Waals surface area contributed by atoms with Gasteiger partial charge in [0.2, 0.25) is 5.91 Å². The van der Waals surface area contributed by atoms with Crippen LogP contribution in [0.15, 0.2) is 47.1 Å². The molecule has 2 aromatic rings. The van der Waals surface area contributed by atoms with Crippen molar-refractivity contribution >= 4 is 39.0 Å². The summed E-state index contributed by atoms with van der Waals surface area (Å²) in [7, 11) is 0. The second-order valence-corrected chi connectivity index (χ2v) is 4.88. The van der Waals surface area contributed by atoms with Crippen molar-refractivity contribution in [1.29, 1.82) is 0 Å². The van der Waals surface area contributed by atoms with Gasteiger partial charge in [0, 0.05) is 16.6 Å². The summed E-state index contributed by atoms with van der Waals surface area (Å²) in [6, 6.07) is 11.5. The van der Waals surface area contributed by atoms with Crippen molar-refractivity contribution in [3.63, 3.8) is 0 Å². The van der Waals surface area contributed by atoms with E-state index in [1.165, 1.54) is 0 Å². The van der Waals surface area contributed by atoms with Gasteiger partial charge in [0.15, 0.2) is 0 Å². The summed E-state index contributed by atoms with van der Waals surface area (Å²) in [5.41, 5.74) is 1.84. The van der Waals surface area contributed by atoms with Gasteiger partial charge in [-0.1, -0.05) is 28.9 Å². The van der Waals surface area contributed by atoms with Crippen molar-refractivity contribution in [2.45, 2.75) is 13.3 Å². The fraction of sp³-hybridized carbons (Fsp3) is 0.143. The maximum Gasteiger partial charge on any atom is 0.225 e. The molecule has 4 nitrogen and oxygen atoms in total. The fourth-order valence-electron chi connectivity index (χ4n) is 1.51. The highest BCUT2D eigenvalue weighted by Crippen LogP contribution is 2.20. The smallest absolute Gasteiger partial charge is 0.225 e. The van der Waals surface area contributed by atoms with E-state index in [1.807, 2.05) is 30.3 Å². The van der Waals surface area contributed by atoms with Crippen LogP contribution in [0.3, 0.4) is 0 Å². The molecule has 19 heavy (non-hydrogen) atoms. The van der Waals surface area contributed by atoms with Gasteiger partial charge in [0.1, 0.15) is 5.82 Å². The molecule has 5 heteroatoms. The first-order valence-electron chi connectivity index (χ1n) is 5.96. The molecule has 0 atom stereocenters. The molecule has 2 N–H and O–H groups in total. The van der Waals surface area contributed by atoms with E-state index in [9.17, 15) is 4.79 Å². The van der Waals surface area contributed by atoms with Gasteiger partial charge in [-0.15, -0.1) is 0 Å². The number of benzene rings is 1. The number of nitrogens with zero attached hydrogens (tertiary/aromatic N) is 1. The van der Waals surface area contributed by atoms with Gasteiger partial charge in [-0.2, -0.15) is 0 Å². The molecule has 0 spiro atoms. The molecular weight excluding hydrogens is 306 g/mol. The lowest BCUT2D eigenvalue weighted by molar-refractivity contribution is -0.115. The van der Waals surface area contributed by atoms with Crippen LogP contribution in [0.2, 0.25) is 0 Å². The Balaban J connectivity index is 2.04. The van der Waals surface area contributed by atoms with E-state index < -0.39 is 0 Å². The molecular formula is C14H14BrN3O. The Morgan fingerprint density at radius 2 is 2.11 bits per heavy atom. The number of hydrogen-bond donors (Lipinski definition) is 2. The molecule has 0 radical (unpaired) electrons. The normalized spacial score (nSPS) is 10.0. The van der Waals surface area contributed by atoms with Crippen LogP contribution >= 0.6 is 15.9 Å². The average molecular weight is 320 g/mol. The molecule has 0 unspecified atom stereocenters. The van der Waals surface area contributed by atoms with E-state index in [2.05, 4.69) is 31.5 Å². The van der Waals surface area contributed by atoms with Crippen molar-refractivity contribution < 1.29 is 4.79 Å². The topological polar surface area (TPSA) is 54.0 Å². The van der Waals surface area contributed by atoms with Crippen LogP contribution in [0, 0.1) is 0 Å². The highest BCUT2D eigenvalue weighted by Gasteiger charge is 2.00. The summed E-state index contributed by atoms with van der Waals surface area (Å²) in [6.07, 6.45) is 2.13. The molecule has 0 saturated heterocycles. The van der Waals surface area contributed by atoms with Gasteiger partial charge < -0.3 is 10.6 Å². The predicted octanol–water partition coefficient (Wildman–Crippen LogP) is 3.94. The monoisotopic (exact) mass is 319 g/mol. The number of halogens is 1. The average Bonchev–Trinajstić information content (AvgIpc) is 2.41. The molecule has 1 heterocycles. The summed E-state index contributed by atoms with van der Waals surface area (Å²) >= 11 is 3.42. The molecule has 0 bridgehead atoms. The second kappa shape index (κ2) is 6.33. The molecule has 1 amide bonds. The number of aromatic nitrogens is 1. The fourth-order valence-corrected chi connectivity index (χ4v) is 1.91. The van der Waals surface area contributed by atoms with Crippen LogP contribution < -0.4 is 10.6 Å². The third-order valence-corrected chi connectivity index (χ3v) is 2.96. The Labute approximate surface area is 120 Å². The quantitative estimate of drug-likeness (QED) is 0.897. The first-order chi connectivity index (χ1) is 9.17.